The summed E-state index contributed by atoms with van der Waals surface area (Å²) in [7, 11) is 0. The van der Waals surface area contributed by atoms with Crippen LogP contribution in [-0.2, 0) is 9.47 Å². The molecule has 0 radical (unpaired) electrons. The Morgan fingerprint density at radius 2 is 0.893 bits per heavy atom. The zero-order valence-electron chi connectivity index (χ0n) is 10.9. The van der Waals surface area contributed by atoms with Crippen molar-refractivity contribution >= 4 is 0 Å². The standard InChI is InChI=1S/C9H6F12O2.5CH4/c1-3(10,11)5(13,14)6(15)4(2,12)22-7(23-6,8(16,17)18)9(19,20)21;;;;;/h1-2H3;5*1H4. The molecule has 1 rings (SSSR count). The molecule has 1 aliphatic rings. The van der Waals surface area contributed by atoms with Gasteiger partial charge in [0.25, 0.3) is 5.85 Å². The zero-order valence-corrected chi connectivity index (χ0v) is 10.9. The molecule has 1 saturated heterocycles. The van der Waals surface area contributed by atoms with Gasteiger partial charge in [-0.2, -0.15) is 48.3 Å². The first-order valence-electron chi connectivity index (χ1n) is 5.33. The number of halogens is 12. The van der Waals surface area contributed by atoms with Crippen molar-refractivity contribution in [2.75, 3.05) is 0 Å². The summed E-state index contributed by atoms with van der Waals surface area (Å²) in [4.78, 5) is 0. The lowest BCUT2D eigenvalue weighted by molar-refractivity contribution is -0.467. The molecule has 28 heavy (non-hydrogen) atoms. The van der Waals surface area contributed by atoms with Crippen LogP contribution in [0.25, 0.3) is 0 Å². The van der Waals surface area contributed by atoms with Crippen molar-refractivity contribution in [1.29, 1.82) is 0 Å². The van der Waals surface area contributed by atoms with Crippen LogP contribution >= 0.6 is 0 Å². The highest BCUT2D eigenvalue weighted by molar-refractivity contribution is 5.10. The first kappa shape index (κ1) is 37.8. The molecule has 178 valence electrons. The molecule has 0 saturated carbocycles. The quantitative estimate of drug-likeness (QED) is 0.399. The smallest absolute Gasteiger partial charge is 0.293 e. The van der Waals surface area contributed by atoms with Crippen molar-refractivity contribution in [3.8, 4) is 0 Å². The summed E-state index contributed by atoms with van der Waals surface area (Å²) in [6, 6.07) is 0. The number of rotatable bonds is 2. The maximum atomic E-state index is 14.0. The summed E-state index contributed by atoms with van der Waals surface area (Å²) in [5.74, 6) is -29.6. The Bertz CT molecular complexity index is 464. The molecule has 0 aromatic rings. The van der Waals surface area contributed by atoms with Crippen LogP contribution in [0.15, 0.2) is 0 Å². The molecule has 0 bridgehead atoms. The minimum absolute atomic E-state index is 0. The van der Waals surface area contributed by atoms with Crippen molar-refractivity contribution in [1.82, 2.24) is 0 Å². The van der Waals surface area contributed by atoms with Crippen molar-refractivity contribution in [2.24, 2.45) is 0 Å². The van der Waals surface area contributed by atoms with Gasteiger partial charge in [-0.15, -0.1) is 0 Å². The fourth-order valence-corrected chi connectivity index (χ4v) is 1.66. The van der Waals surface area contributed by atoms with Crippen molar-refractivity contribution in [2.45, 2.75) is 92.7 Å². The van der Waals surface area contributed by atoms with E-state index in [2.05, 4.69) is 9.47 Å². The first-order valence-corrected chi connectivity index (χ1v) is 5.33. The highest BCUT2D eigenvalue weighted by atomic mass is 19.4. The van der Waals surface area contributed by atoms with E-state index < -0.39 is 55.5 Å². The van der Waals surface area contributed by atoms with Crippen LogP contribution in [-0.4, -0.2) is 41.7 Å². The average Bonchev–Trinajstić information content (AvgIpc) is 2.45. The van der Waals surface area contributed by atoms with Crippen LogP contribution in [0.5, 0.6) is 0 Å². The van der Waals surface area contributed by atoms with E-state index in [1.807, 2.05) is 0 Å². The zero-order chi connectivity index (χ0) is 18.9. The molecular weight excluding hydrogens is 428 g/mol. The Kier molecular flexibility index (Phi) is 11.9. The second-order valence-corrected chi connectivity index (χ2v) is 4.79. The molecule has 14 heteroatoms. The van der Waals surface area contributed by atoms with Crippen molar-refractivity contribution < 1.29 is 62.2 Å². The molecule has 1 heterocycles. The summed E-state index contributed by atoms with van der Waals surface area (Å²) in [6.07, 6.45) is -13.6. The summed E-state index contributed by atoms with van der Waals surface area (Å²) in [5, 5.41) is 0. The van der Waals surface area contributed by atoms with E-state index in [1.165, 1.54) is 0 Å². The SMILES string of the molecule is C.C.C.C.C.CC(F)(F)C(F)(F)C1(F)OC(C(F)(F)F)(C(F)(F)F)OC1(C)F. The Labute approximate surface area is 156 Å². The van der Waals surface area contributed by atoms with Gasteiger partial charge in [-0.25, -0.2) is 4.39 Å². The van der Waals surface area contributed by atoms with Crippen LogP contribution in [0.1, 0.15) is 51.0 Å². The van der Waals surface area contributed by atoms with Gasteiger partial charge in [-0.3, -0.25) is 9.47 Å². The number of hydrogen-bond acceptors (Lipinski definition) is 2. The molecule has 2 atom stereocenters. The van der Waals surface area contributed by atoms with Crippen molar-refractivity contribution in [3.05, 3.63) is 0 Å². The molecule has 2 unspecified atom stereocenters. The number of alkyl halides is 12. The number of hydrogen-bond donors (Lipinski definition) is 0. The topological polar surface area (TPSA) is 18.5 Å². The highest BCUT2D eigenvalue weighted by Gasteiger charge is 2.91. The molecule has 2 nitrogen and oxygen atoms in total. The predicted molar refractivity (Wildman–Crippen MR) is 79.6 cm³/mol. The Balaban J connectivity index is -0.000000353. The van der Waals surface area contributed by atoms with E-state index >= 15 is 0 Å². The van der Waals surface area contributed by atoms with Gasteiger partial charge in [0.2, 0.25) is 0 Å². The van der Waals surface area contributed by atoms with Crippen LogP contribution in [0.3, 0.4) is 0 Å². The van der Waals surface area contributed by atoms with Crippen LogP contribution in [0.2, 0.25) is 0 Å². The van der Waals surface area contributed by atoms with Gasteiger partial charge < -0.3 is 0 Å². The molecule has 0 aromatic carbocycles. The summed E-state index contributed by atoms with van der Waals surface area (Å²) in [6.45, 7) is -1.42. The second-order valence-electron chi connectivity index (χ2n) is 4.79. The lowest BCUT2D eigenvalue weighted by Crippen LogP contribution is -2.64. The van der Waals surface area contributed by atoms with Gasteiger partial charge in [0.15, 0.2) is 0 Å². The summed E-state index contributed by atoms with van der Waals surface area (Å²) >= 11 is 0. The summed E-state index contributed by atoms with van der Waals surface area (Å²) in [5.41, 5.74) is 0. The largest absolute Gasteiger partial charge is 0.453 e. The minimum Gasteiger partial charge on any atom is -0.293 e. The van der Waals surface area contributed by atoms with Gasteiger partial charge in [-0.1, -0.05) is 37.1 Å². The van der Waals surface area contributed by atoms with E-state index in [0.29, 0.717) is 0 Å². The van der Waals surface area contributed by atoms with E-state index in [9.17, 15) is 52.7 Å². The third kappa shape index (κ3) is 4.62. The third-order valence-corrected chi connectivity index (χ3v) is 2.90. The minimum atomic E-state index is -6.81. The van der Waals surface area contributed by atoms with Crippen LogP contribution < -0.4 is 0 Å². The Morgan fingerprint density at radius 3 is 1.07 bits per heavy atom. The van der Waals surface area contributed by atoms with Crippen molar-refractivity contribution in [3.63, 3.8) is 0 Å². The van der Waals surface area contributed by atoms with Gasteiger partial charge in [-0.05, 0) is 0 Å². The molecule has 0 N–H and O–H groups in total. The Hall–Kier alpha value is -0.920. The van der Waals surface area contributed by atoms with E-state index in [-0.39, 0.29) is 37.1 Å². The molecule has 0 aliphatic carbocycles. The van der Waals surface area contributed by atoms with Gasteiger partial charge in [0.1, 0.15) is 0 Å². The second kappa shape index (κ2) is 8.84. The predicted octanol–water partition coefficient (Wildman–Crippen LogP) is 7.68. The molecular formula is C14H26F12O2. The first-order chi connectivity index (χ1) is 9.66. The maximum absolute atomic E-state index is 14.0. The Morgan fingerprint density at radius 1 is 0.607 bits per heavy atom. The van der Waals surface area contributed by atoms with Crippen LogP contribution in [0.4, 0.5) is 52.7 Å². The monoisotopic (exact) mass is 454 g/mol. The number of ether oxygens (including phenoxy) is 2. The van der Waals surface area contributed by atoms with Gasteiger partial charge in [0, 0.05) is 13.8 Å². The molecule has 1 aliphatic heterocycles. The van der Waals surface area contributed by atoms with Crippen LogP contribution in [0, 0.1) is 0 Å². The molecule has 0 amide bonds. The van der Waals surface area contributed by atoms with E-state index in [4.69, 9.17) is 0 Å². The maximum Gasteiger partial charge on any atom is 0.453 e. The molecule has 0 spiro atoms. The fraction of sp³-hybridized carbons (Fsp3) is 1.00. The fourth-order valence-electron chi connectivity index (χ4n) is 1.66. The van der Waals surface area contributed by atoms with Gasteiger partial charge in [0.05, 0.1) is 0 Å². The third-order valence-electron chi connectivity index (χ3n) is 2.90. The normalized spacial score (nSPS) is 27.2. The van der Waals surface area contributed by atoms with Gasteiger partial charge >= 0.3 is 35.8 Å². The lowest BCUT2D eigenvalue weighted by Gasteiger charge is -2.37. The molecule has 0 aromatic heterocycles. The van der Waals surface area contributed by atoms with E-state index in [1.54, 1.807) is 0 Å². The lowest BCUT2D eigenvalue weighted by atomic mass is 9.98. The van der Waals surface area contributed by atoms with E-state index in [0.717, 1.165) is 0 Å². The summed E-state index contributed by atoms with van der Waals surface area (Å²) < 4.78 is 160. The highest BCUT2D eigenvalue weighted by Crippen LogP contribution is 2.64. The molecule has 1 fully saturated rings. The average molecular weight is 454 g/mol.